The lowest BCUT2D eigenvalue weighted by atomic mass is 10.1. The molecule has 0 aliphatic heterocycles. The summed E-state index contributed by atoms with van der Waals surface area (Å²) in [6.07, 6.45) is 0.255. The molecule has 0 aliphatic rings. The molecule has 0 N–H and O–H groups in total. The Hall–Kier alpha value is -1.89. The number of ether oxygens (including phenoxy) is 1. The Bertz CT molecular complexity index is 761. The molecule has 1 nitrogen and oxygen atoms in total. The van der Waals surface area contributed by atoms with E-state index in [4.69, 9.17) is 4.74 Å². The van der Waals surface area contributed by atoms with Gasteiger partial charge in [0, 0.05) is 5.56 Å². The van der Waals surface area contributed by atoms with Crippen molar-refractivity contribution in [3.8, 4) is 5.75 Å². The number of halogens is 5. The Morgan fingerprint density at radius 1 is 0.808 bits per heavy atom. The van der Waals surface area contributed by atoms with Crippen molar-refractivity contribution in [3.05, 3.63) is 58.9 Å². The SMILES string of the molecule is CCOc1ccc([Si](C)(C)C(CC)c2c(F)c(F)c(F)c(F)c2F)cc1. The second-order valence-corrected chi connectivity index (χ2v) is 11.3. The molecule has 0 saturated heterocycles. The van der Waals surface area contributed by atoms with Gasteiger partial charge in [-0.3, -0.25) is 0 Å². The van der Waals surface area contributed by atoms with Gasteiger partial charge in [-0.2, -0.15) is 0 Å². The maximum atomic E-state index is 14.3. The zero-order valence-electron chi connectivity index (χ0n) is 15.1. The summed E-state index contributed by atoms with van der Waals surface area (Å²) in [5.41, 5.74) is -1.49. The highest BCUT2D eigenvalue weighted by Crippen LogP contribution is 2.36. The maximum Gasteiger partial charge on any atom is 0.200 e. The van der Waals surface area contributed by atoms with E-state index in [1.165, 1.54) is 0 Å². The highest BCUT2D eigenvalue weighted by molar-refractivity contribution is 6.90. The summed E-state index contributed by atoms with van der Waals surface area (Å²) in [6, 6.07) is 7.09. The van der Waals surface area contributed by atoms with E-state index < -0.39 is 48.3 Å². The van der Waals surface area contributed by atoms with E-state index in [9.17, 15) is 22.0 Å². The van der Waals surface area contributed by atoms with Crippen molar-refractivity contribution in [3.63, 3.8) is 0 Å². The van der Waals surface area contributed by atoms with Crippen LogP contribution in [-0.4, -0.2) is 14.7 Å². The van der Waals surface area contributed by atoms with E-state index in [0.29, 0.717) is 12.4 Å². The molecule has 142 valence electrons. The first kappa shape index (κ1) is 20.4. The minimum absolute atomic E-state index is 0.255. The van der Waals surface area contributed by atoms with E-state index in [1.54, 1.807) is 31.2 Å². The zero-order chi connectivity index (χ0) is 19.6. The van der Waals surface area contributed by atoms with Crippen molar-refractivity contribution in [2.24, 2.45) is 0 Å². The van der Waals surface area contributed by atoms with Gasteiger partial charge in [-0.1, -0.05) is 43.8 Å². The van der Waals surface area contributed by atoms with E-state index >= 15 is 0 Å². The van der Waals surface area contributed by atoms with Gasteiger partial charge < -0.3 is 4.74 Å². The van der Waals surface area contributed by atoms with Gasteiger partial charge in [-0.05, 0) is 24.6 Å². The van der Waals surface area contributed by atoms with Gasteiger partial charge in [0.15, 0.2) is 23.3 Å². The van der Waals surface area contributed by atoms with E-state index in [2.05, 4.69) is 0 Å². The summed E-state index contributed by atoms with van der Waals surface area (Å²) >= 11 is 0. The largest absolute Gasteiger partial charge is 0.494 e. The van der Waals surface area contributed by atoms with Gasteiger partial charge in [-0.25, -0.2) is 22.0 Å². The number of hydrogen-bond acceptors (Lipinski definition) is 1. The summed E-state index contributed by atoms with van der Waals surface area (Å²) in [6.45, 7) is 7.75. The fourth-order valence-corrected chi connectivity index (χ4v) is 6.78. The third-order valence-corrected chi connectivity index (χ3v) is 9.04. The number of hydrogen-bond donors (Lipinski definition) is 0. The van der Waals surface area contributed by atoms with E-state index in [0.717, 1.165) is 5.19 Å². The smallest absolute Gasteiger partial charge is 0.200 e. The van der Waals surface area contributed by atoms with Gasteiger partial charge in [0.05, 0.1) is 14.7 Å². The Morgan fingerprint density at radius 2 is 1.27 bits per heavy atom. The van der Waals surface area contributed by atoms with Gasteiger partial charge in [-0.15, -0.1) is 0 Å². The molecular formula is C19H21F5OSi. The molecule has 2 aromatic rings. The van der Waals surface area contributed by atoms with Crippen LogP contribution in [0.25, 0.3) is 0 Å². The Balaban J connectivity index is 2.57. The van der Waals surface area contributed by atoms with Crippen molar-refractivity contribution < 1.29 is 26.7 Å². The molecule has 0 amide bonds. The fourth-order valence-electron chi connectivity index (χ4n) is 3.35. The van der Waals surface area contributed by atoms with Crippen LogP contribution in [0.15, 0.2) is 24.3 Å². The lowest BCUT2D eigenvalue weighted by molar-refractivity contribution is 0.340. The molecule has 0 bridgehead atoms. The zero-order valence-corrected chi connectivity index (χ0v) is 16.1. The fraction of sp³-hybridized carbons (Fsp3) is 0.368. The first-order valence-electron chi connectivity index (χ1n) is 8.41. The molecule has 7 heteroatoms. The lowest BCUT2D eigenvalue weighted by Gasteiger charge is -2.33. The van der Waals surface area contributed by atoms with E-state index in [1.807, 2.05) is 20.0 Å². The lowest BCUT2D eigenvalue weighted by Crippen LogP contribution is -2.48. The third kappa shape index (κ3) is 3.49. The molecule has 0 saturated carbocycles. The molecule has 0 radical (unpaired) electrons. The van der Waals surface area contributed by atoms with Crippen molar-refractivity contribution in [2.45, 2.75) is 38.9 Å². The first-order chi connectivity index (χ1) is 12.2. The Morgan fingerprint density at radius 3 is 1.69 bits per heavy atom. The van der Waals surface area contributed by atoms with Crippen LogP contribution in [-0.2, 0) is 0 Å². The average Bonchev–Trinajstić information content (AvgIpc) is 2.62. The summed E-state index contributed by atoms with van der Waals surface area (Å²) in [7, 11) is -2.61. The molecule has 2 aromatic carbocycles. The first-order valence-corrected chi connectivity index (χ1v) is 11.5. The molecule has 26 heavy (non-hydrogen) atoms. The molecule has 2 rings (SSSR count). The second kappa shape index (κ2) is 7.78. The molecule has 0 spiro atoms. The standard InChI is InChI=1S/C19H21F5OSi/c1-5-13(14-15(20)17(22)19(24)18(23)16(14)21)26(3,4)12-9-7-11(8-10-12)25-6-2/h7-10,13H,5-6H2,1-4H3. The summed E-state index contributed by atoms with van der Waals surface area (Å²) in [5.74, 6) is -8.73. The molecular weight excluding hydrogens is 367 g/mol. The van der Waals surface area contributed by atoms with Crippen LogP contribution in [0.4, 0.5) is 22.0 Å². The number of rotatable bonds is 6. The molecule has 0 aromatic heterocycles. The minimum atomic E-state index is -2.61. The maximum absolute atomic E-state index is 14.3. The topological polar surface area (TPSA) is 9.23 Å². The van der Waals surface area contributed by atoms with Crippen molar-refractivity contribution in [1.82, 2.24) is 0 Å². The van der Waals surface area contributed by atoms with Crippen LogP contribution in [0, 0.1) is 29.1 Å². The van der Waals surface area contributed by atoms with Crippen LogP contribution in [0.2, 0.25) is 13.1 Å². The minimum Gasteiger partial charge on any atom is -0.494 e. The van der Waals surface area contributed by atoms with Gasteiger partial charge in [0.2, 0.25) is 5.82 Å². The van der Waals surface area contributed by atoms with Gasteiger partial charge >= 0.3 is 0 Å². The normalized spacial score (nSPS) is 13.0. The number of benzene rings is 2. The van der Waals surface area contributed by atoms with Gasteiger partial charge in [0.1, 0.15) is 5.75 Å². The predicted octanol–water partition coefficient (Wildman–Crippen LogP) is 5.43. The quantitative estimate of drug-likeness (QED) is 0.278. The van der Waals surface area contributed by atoms with Crippen LogP contribution < -0.4 is 9.92 Å². The van der Waals surface area contributed by atoms with E-state index in [-0.39, 0.29) is 6.42 Å². The molecule has 1 unspecified atom stereocenters. The predicted molar refractivity (Wildman–Crippen MR) is 94.0 cm³/mol. The summed E-state index contributed by atoms with van der Waals surface area (Å²) in [4.78, 5) is 0. The van der Waals surface area contributed by atoms with Crippen LogP contribution in [0.1, 0.15) is 31.4 Å². The van der Waals surface area contributed by atoms with Crippen LogP contribution in [0.5, 0.6) is 5.75 Å². The summed E-state index contributed by atoms with van der Waals surface area (Å²) < 4.78 is 74.7. The van der Waals surface area contributed by atoms with Crippen molar-refractivity contribution in [2.75, 3.05) is 6.61 Å². The summed E-state index contributed by atoms with van der Waals surface area (Å²) in [5, 5.41) is 0.844. The molecule has 1 atom stereocenters. The highest BCUT2D eigenvalue weighted by atomic mass is 28.3. The van der Waals surface area contributed by atoms with Crippen molar-refractivity contribution in [1.29, 1.82) is 0 Å². The van der Waals surface area contributed by atoms with Crippen LogP contribution >= 0.6 is 0 Å². The Labute approximate surface area is 150 Å². The molecule has 0 fully saturated rings. The second-order valence-electron chi connectivity index (χ2n) is 6.62. The monoisotopic (exact) mass is 388 g/mol. The average molecular weight is 388 g/mol. The highest BCUT2D eigenvalue weighted by Gasteiger charge is 2.39. The molecule has 0 heterocycles. The Kier molecular flexibility index (Phi) is 6.11. The van der Waals surface area contributed by atoms with Gasteiger partial charge in [0.25, 0.3) is 0 Å². The third-order valence-electron chi connectivity index (χ3n) is 4.78. The van der Waals surface area contributed by atoms with Crippen LogP contribution in [0.3, 0.4) is 0 Å². The molecule has 0 aliphatic carbocycles. The van der Waals surface area contributed by atoms with Crippen molar-refractivity contribution >= 4 is 13.3 Å².